The summed E-state index contributed by atoms with van der Waals surface area (Å²) in [6.07, 6.45) is 2.26. The van der Waals surface area contributed by atoms with Gasteiger partial charge in [0, 0.05) is 24.4 Å². The molecule has 2 atom stereocenters. The Morgan fingerprint density at radius 3 is 2.44 bits per heavy atom. The zero-order valence-corrected chi connectivity index (χ0v) is 12.3. The Hall–Kier alpha value is 0.580. The minimum Gasteiger partial charge on any atom is -0.326 e. The fraction of sp³-hybridized carbons (Fsp3) is 1.00. The Kier molecular flexibility index (Phi) is 11.1. The smallest absolute Gasteiger partial charge is 0.0232 e. The van der Waals surface area contributed by atoms with Gasteiger partial charge < -0.3 is 16.0 Å². The van der Waals surface area contributed by atoms with E-state index in [1.165, 1.54) is 0 Å². The monoisotopic (exact) mass is 265 g/mol. The van der Waals surface area contributed by atoms with Crippen LogP contribution in [-0.2, 0) is 0 Å². The van der Waals surface area contributed by atoms with Crippen molar-refractivity contribution in [3.8, 4) is 0 Å². The second-order valence-corrected chi connectivity index (χ2v) is 5.22. The zero-order valence-electron chi connectivity index (χ0n) is 10.5. The van der Waals surface area contributed by atoms with Gasteiger partial charge in [0.1, 0.15) is 0 Å². The molecule has 98 valence electrons. The van der Waals surface area contributed by atoms with Crippen molar-refractivity contribution in [3.05, 3.63) is 0 Å². The molecular formula is C11H27N3S2. The number of likely N-dealkylation sites (tertiary alicyclic amines) is 1. The summed E-state index contributed by atoms with van der Waals surface area (Å²) in [6, 6.07) is 0.793. The van der Waals surface area contributed by atoms with Gasteiger partial charge in [0.2, 0.25) is 0 Å². The first-order chi connectivity index (χ1) is 7.65. The summed E-state index contributed by atoms with van der Waals surface area (Å²) in [6.45, 7) is 5.23. The van der Waals surface area contributed by atoms with E-state index in [9.17, 15) is 0 Å². The van der Waals surface area contributed by atoms with Crippen LogP contribution in [0.25, 0.3) is 0 Å². The van der Waals surface area contributed by atoms with Crippen LogP contribution < -0.4 is 11.1 Å². The summed E-state index contributed by atoms with van der Waals surface area (Å²) in [4.78, 5) is 2.35. The highest BCUT2D eigenvalue weighted by atomic mass is 32.1. The molecule has 1 aliphatic heterocycles. The van der Waals surface area contributed by atoms with Gasteiger partial charge in [-0.05, 0) is 38.7 Å². The Labute approximate surface area is 111 Å². The van der Waals surface area contributed by atoms with E-state index in [0.717, 1.165) is 44.0 Å². The van der Waals surface area contributed by atoms with Crippen molar-refractivity contribution in [2.24, 2.45) is 5.73 Å². The number of hydrogen-bond donors (Lipinski definition) is 4. The van der Waals surface area contributed by atoms with Gasteiger partial charge in [-0.15, -0.1) is 0 Å². The summed E-state index contributed by atoms with van der Waals surface area (Å²) in [5.74, 6) is 1.83. The first kappa shape index (κ1) is 16.6. The molecule has 3 N–H and O–H groups in total. The van der Waals surface area contributed by atoms with E-state index in [1.807, 2.05) is 6.92 Å². The van der Waals surface area contributed by atoms with E-state index < -0.39 is 0 Å². The maximum absolute atomic E-state index is 6.07. The lowest BCUT2D eigenvalue weighted by Gasteiger charge is -2.21. The summed E-state index contributed by atoms with van der Waals surface area (Å²) >= 11 is 7.97. The summed E-state index contributed by atoms with van der Waals surface area (Å²) < 4.78 is 0. The van der Waals surface area contributed by atoms with Crippen molar-refractivity contribution in [1.82, 2.24) is 10.2 Å². The topological polar surface area (TPSA) is 41.3 Å². The highest BCUT2D eigenvalue weighted by Crippen LogP contribution is 2.08. The molecule has 0 aromatic rings. The summed E-state index contributed by atoms with van der Waals surface area (Å²) in [7, 11) is 2.16. The molecule has 0 amide bonds. The molecule has 0 radical (unpaired) electrons. The third-order valence-electron chi connectivity index (χ3n) is 2.70. The van der Waals surface area contributed by atoms with Crippen LogP contribution in [0, 0.1) is 0 Å². The maximum Gasteiger partial charge on any atom is 0.0232 e. The third-order valence-corrected chi connectivity index (χ3v) is 2.92. The van der Waals surface area contributed by atoms with E-state index in [-0.39, 0.29) is 0 Å². The summed E-state index contributed by atoms with van der Waals surface area (Å²) in [5.41, 5.74) is 6.07. The molecular weight excluding hydrogens is 238 g/mol. The lowest BCUT2D eigenvalue weighted by atomic mass is 10.0. The average Bonchev–Trinajstić information content (AvgIpc) is 2.41. The number of nitrogens with zero attached hydrogens (tertiary/aromatic N) is 1. The molecule has 1 aliphatic rings. The molecule has 1 unspecified atom stereocenters. The Bertz CT molecular complexity index is 158. The zero-order chi connectivity index (χ0) is 12.4. The fourth-order valence-electron chi connectivity index (χ4n) is 1.76. The second kappa shape index (κ2) is 10.7. The standard InChI is InChI=1S/C9H21N3S.C2H6S/c1-12-5-2-8(10)9(3-6-12)11-4-7-13;1-2-3/h8-9,11,13H,2-7,10H2,1H3;3H,2H2,1H3/t8?,9-;/m1./s1. The van der Waals surface area contributed by atoms with Crippen LogP contribution >= 0.6 is 25.3 Å². The normalized spacial score (nSPS) is 26.8. The molecule has 0 aromatic carbocycles. The number of hydrogen-bond acceptors (Lipinski definition) is 5. The van der Waals surface area contributed by atoms with Gasteiger partial charge in [-0.25, -0.2) is 0 Å². The van der Waals surface area contributed by atoms with E-state index in [1.54, 1.807) is 0 Å². The van der Waals surface area contributed by atoms with Gasteiger partial charge >= 0.3 is 0 Å². The van der Waals surface area contributed by atoms with Gasteiger partial charge in [0.25, 0.3) is 0 Å². The lowest BCUT2D eigenvalue weighted by molar-refractivity contribution is 0.344. The van der Waals surface area contributed by atoms with Crippen molar-refractivity contribution >= 4 is 25.3 Å². The molecule has 0 bridgehead atoms. The van der Waals surface area contributed by atoms with Crippen molar-refractivity contribution in [2.75, 3.05) is 38.2 Å². The van der Waals surface area contributed by atoms with E-state index >= 15 is 0 Å². The van der Waals surface area contributed by atoms with Gasteiger partial charge in [-0.2, -0.15) is 25.3 Å². The number of thiol groups is 2. The molecule has 0 saturated carbocycles. The first-order valence-electron chi connectivity index (χ1n) is 6.04. The minimum atomic E-state index is 0.310. The highest BCUT2D eigenvalue weighted by Gasteiger charge is 2.21. The van der Waals surface area contributed by atoms with Crippen LogP contribution in [-0.4, -0.2) is 55.2 Å². The largest absolute Gasteiger partial charge is 0.326 e. The first-order valence-corrected chi connectivity index (χ1v) is 7.31. The molecule has 3 nitrogen and oxygen atoms in total. The summed E-state index contributed by atoms with van der Waals surface area (Å²) in [5, 5.41) is 3.45. The third kappa shape index (κ3) is 7.79. The molecule has 1 fully saturated rings. The van der Waals surface area contributed by atoms with Gasteiger partial charge in [-0.3, -0.25) is 0 Å². The van der Waals surface area contributed by atoms with Gasteiger partial charge in [0.05, 0.1) is 0 Å². The van der Waals surface area contributed by atoms with Gasteiger partial charge in [0.15, 0.2) is 0 Å². The number of nitrogens with two attached hydrogens (primary N) is 1. The average molecular weight is 265 g/mol. The molecule has 1 heterocycles. The van der Waals surface area contributed by atoms with Crippen molar-refractivity contribution in [3.63, 3.8) is 0 Å². The fourth-order valence-corrected chi connectivity index (χ4v) is 1.89. The van der Waals surface area contributed by atoms with E-state index in [0.29, 0.717) is 12.1 Å². The van der Waals surface area contributed by atoms with Crippen molar-refractivity contribution in [2.45, 2.75) is 31.8 Å². The minimum absolute atomic E-state index is 0.310. The molecule has 1 saturated heterocycles. The highest BCUT2D eigenvalue weighted by molar-refractivity contribution is 7.80. The maximum atomic E-state index is 6.07. The molecule has 1 rings (SSSR count). The van der Waals surface area contributed by atoms with Crippen LogP contribution in [0.3, 0.4) is 0 Å². The van der Waals surface area contributed by atoms with Crippen LogP contribution in [0.1, 0.15) is 19.8 Å². The molecule has 5 heteroatoms. The molecule has 0 aromatic heterocycles. The number of nitrogens with one attached hydrogen (secondary N) is 1. The lowest BCUT2D eigenvalue weighted by Crippen LogP contribution is -2.45. The second-order valence-electron chi connectivity index (χ2n) is 4.14. The van der Waals surface area contributed by atoms with Crippen LogP contribution in [0.5, 0.6) is 0 Å². The van der Waals surface area contributed by atoms with Crippen LogP contribution in [0.4, 0.5) is 0 Å². The van der Waals surface area contributed by atoms with Crippen LogP contribution in [0.15, 0.2) is 0 Å². The van der Waals surface area contributed by atoms with Crippen LogP contribution in [0.2, 0.25) is 0 Å². The Balaban J connectivity index is 0.000000673. The van der Waals surface area contributed by atoms with Gasteiger partial charge in [-0.1, -0.05) is 6.92 Å². The van der Waals surface area contributed by atoms with E-state index in [2.05, 4.69) is 42.5 Å². The predicted molar refractivity (Wildman–Crippen MR) is 79.9 cm³/mol. The van der Waals surface area contributed by atoms with Crippen molar-refractivity contribution < 1.29 is 0 Å². The molecule has 0 spiro atoms. The quantitative estimate of drug-likeness (QED) is 0.572. The predicted octanol–water partition coefficient (Wildman–Crippen LogP) is 0.863. The Morgan fingerprint density at radius 1 is 1.31 bits per heavy atom. The number of rotatable bonds is 3. The molecule has 16 heavy (non-hydrogen) atoms. The van der Waals surface area contributed by atoms with E-state index in [4.69, 9.17) is 5.73 Å². The molecule has 0 aliphatic carbocycles. The Morgan fingerprint density at radius 2 is 1.88 bits per heavy atom. The van der Waals surface area contributed by atoms with Crippen molar-refractivity contribution in [1.29, 1.82) is 0 Å². The SMILES string of the molecule is CCS.CN1CCC(N)[C@H](NCCS)CC1.